The van der Waals surface area contributed by atoms with Crippen LogP contribution in [-0.2, 0) is 4.74 Å². The first kappa shape index (κ1) is 19.7. The van der Waals surface area contributed by atoms with Crippen molar-refractivity contribution in [2.75, 3.05) is 33.4 Å². The minimum Gasteiger partial charge on any atom is -0.384 e. The average Bonchev–Trinajstić information content (AvgIpc) is 3.05. The molecular weight excluding hydrogens is 373 g/mol. The molecule has 1 fully saturated rings. The highest BCUT2D eigenvalue weighted by Gasteiger charge is 2.33. The minimum absolute atomic E-state index is 0.0131. The predicted molar refractivity (Wildman–Crippen MR) is 99.8 cm³/mol. The molecule has 0 saturated carbocycles. The zero-order valence-corrected chi connectivity index (χ0v) is 16.1. The molecule has 1 aromatic carbocycles. The number of carbonyl (C=O) groups is 1. The van der Waals surface area contributed by atoms with E-state index in [1.807, 2.05) is 0 Å². The van der Waals surface area contributed by atoms with Gasteiger partial charge in [0.2, 0.25) is 0 Å². The van der Waals surface area contributed by atoms with Crippen LogP contribution in [0, 0.1) is 18.2 Å². The summed E-state index contributed by atoms with van der Waals surface area (Å²) in [5, 5.41) is 14.3. The number of ether oxygens (including phenoxy) is 1. The quantitative estimate of drug-likeness (QED) is 0.783. The third kappa shape index (κ3) is 4.28. The zero-order chi connectivity index (χ0) is 19.4. The molecule has 2 aromatic rings. The lowest BCUT2D eigenvalue weighted by Crippen LogP contribution is -2.47. The summed E-state index contributed by atoms with van der Waals surface area (Å²) in [5.74, 6) is -0.803. The Morgan fingerprint density at radius 1 is 1.44 bits per heavy atom. The molecule has 27 heavy (non-hydrogen) atoms. The van der Waals surface area contributed by atoms with Gasteiger partial charge in [-0.1, -0.05) is 16.8 Å². The summed E-state index contributed by atoms with van der Waals surface area (Å²) >= 11 is 5.83. The van der Waals surface area contributed by atoms with E-state index in [0.29, 0.717) is 24.5 Å². The molecule has 0 aliphatic carbocycles. The highest BCUT2D eigenvalue weighted by Crippen LogP contribution is 2.28. The van der Waals surface area contributed by atoms with E-state index in [0.717, 1.165) is 25.9 Å². The van der Waals surface area contributed by atoms with Gasteiger partial charge in [-0.05, 0) is 51.1 Å². The van der Waals surface area contributed by atoms with Crippen molar-refractivity contribution in [1.82, 2.24) is 25.6 Å². The van der Waals surface area contributed by atoms with Crippen LogP contribution in [0.4, 0.5) is 4.39 Å². The first-order valence-corrected chi connectivity index (χ1v) is 9.19. The lowest BCUT2D eigenvalue weighted by atomic mass is 9.79. The monoisotopic (exact) mass is 395 g/mol. The van der Waals surface area contributed by atoms with Gasteiger partial charge in [0.1, 0.15) is 5.82 Å². The van der Waals surface area contributed by atoms with Gasteiger partial charge in [-0.2, -0.15) is 0 Å². The number of aromatic nitrogens is 3. The SMILES string of the molecule is COCC1(CNC(=O)c2nnn(-c3ccc(F)c(Cl)c3)c2C)CCNCC1. The van der Waals surface area contributed by atoms with Gasteiger partial charge < -0.3 is 15.4 Å². The van der Waals surface area contributed by atoms with E-state index in [1.54, 1.807) is 14.0 Å². The number of nitrogens with zero attached hydrogens (tertiary/aromatic N) is 3. The first-order chi connectivity index (χ1) is 13.0. The fourth-order valence-corrected chi connectivity index (χ4v) is 3.56. The van der Waals surface area contributed by atoms with Gasteiger partial charge in [-0.3, -0.25) is 4.79 Å². The molecule has 2 N–H and O–H groups in total. The van der Waals surface area contributed by atoms with Crippen molar-refractivity contribution >= 4 is 17.5 Å². The standard InChI is InChI=1S/C18H23ClFN5O2/c1-12-16(23-24-25(12)13-3-4-15(20)14(19)9-13)17(26)22-10-18(11-27-2)5-7-21-8-6-18/h3-4,9,21H,5-8,10-11H2,1-2H3,(H,22,26). The van der Waals surface area contributed by atoms with Crippen molar-refractivity contribution in [2.45, 2.75) is 19.8 Å². The molecule has 1 saturated heterocycles. The van der Waals surface area contributed by atoms with Gasteiger partial charge >= 0.3 is 0 Å². The largest absolute Gasteiger partial charge is 0.384 e. The van der Waals surface area contributed by atoms with Crippen LogP contribution in [0.5, 0.6) is 0 Å². The summed E-state index contributed by atoms with van der Waals surface area (Å²) in [6.07, 6.45) is 1.86. The molecule has 0 atom stereocenters. The number of rotatable bonds is 6. The van der Waals surface area contributed by atoms with Crippen LogP contribution in [0.1, 0.15) is 29.0 Å². The lowest BCUT2D eigenvalue weighted by Gasteiger charge is -2.37. The third-order valence-corrected chi connectivity index (χ3v) is 5.29. The first-order valence-electron chi connectivity index (χ1n) is 8.81. The second-order valence-electron chi connectivity index (χ2n) is 6.90. The number of amides is 1. The normalized spacial score (nSPS) is 16.3. The van der Waals surface area contributed by atoms with Gasteiger partial charge in [0.05, 0.1) is 23.0 Å². The molecule has 3 rings (SSSR count). The minimum atomic E-state index is -0.512. The Kier molecular flexibility index (Phi) is 6.08. The Balaban J connectivity index is 1.74. The maximum absolute atomic E-state index is 13.4. The lowest BCUT2D eigenvalue weighted by molar-refractivity contribution is 0.0510. The van der Waals surface area contributed by atoms with E-state index in [9.17, 15) is 9.18 Å². The highest BCUT2D eigenvalue weighted by atomic mass is 35.5. The Hall–Kier alpha value is -2.03. The number of piperidine rings is 1. The molecule has 7 nitrogen and oxygen atoms in total. The van der Waals surface area contributed by atoms with Crippen LogP contribution in [-0.4, -0.2) is 54.3 Å². The number of benzene rings is 1. The number of halogens is 2. The Bertz CT molecular complexity index is 815. The van der Waals surface area contributed by atoms with Crippen LogP contribution in [0.2, 0.25) is 5.02 Å². The van der Waals surface area contributed by atoms with E-state index in [4.69, 9.17) is 16.3 Å². The Morgan fingerprint density at radius 3 is 2.85 bits per heavy atom. The van der Waals surface area contributed by atoms with Crippen molar-refractivity contribution in [3.63, 3.8) is 0 Å². The van der Waals surface area contributed by atoms with Crippen LogP contribution < -0.4 is 10.6 Å². The summed E-state index contributed by atoms with van der Waals surface area (Å²) in [6, 6.07) is 4.24. The predicted octanol–water partition coefficient (Wildman–Crippen LogP) is 2.11. The van der Waals surface area contributed by atoms with Gasteiger partial charge in [-0.25, -0.2) is 9.07 Å². The number of carbonyl (C=O) groups excluding carboxylic acids is 1. The van der Waals surface area contributed by atoms with Crippen molar-refractivity contribution in [3.05, 3.63) is 40.4 Å². The smallest absolute Gasteiger partial charge is 0.273 e. The average molecular weight is 396 g/mol. The second kappa shape index (κ2) is 8.33. The van der Waals surface area contributed by atoms with Crippen LogP contribution in [0.15, 0.2) is 18.2 Å². The van der Waals surface area contributed by atoms with Crippen LogP contribution >= 0.6 is 11.6 Å². The number of hydrogen-bond acceptors (Lipinski definition) is 5. The van der Waals surface area contributed by atoms with Gasteiger partial charge in [0, 0.05) is 19.1 Å². The van der Waals surface area contributed by atoms with Crippen molar-refractivity contribution in [2.24, 2.45) is 5.41 Å². The summed E-state index contributed by atoms with van der Waals surface area (Å²) < 4.78 is 20.2. The maximum Gasteiger partial charge on any atom is 0.273 e. The fraction of sp³-hybridized carbons (Fsp3) is 0.500. The van der Waals surface area contributed by atoms with E-state index < -0.39 is 5.82 Å². The third-order valence-electron chi connectivity index (χ3n) is 5.00. The molecule has 146 valence electrons. The highest BCUT2D eigenvalue weighted by molar-refractivity contribution is 6.30. The molecule has 0 unspecified atom stereocenters. The Morgan fingerprint density at radius 2 is 2.19 bits per heavy atom. The molecule has 1 aliphatic heterocycles. The molecule has 1 amide bonds. The molecule has 0 bridgehead atoms. The van der Waals surface area contributed by atoms with Gasteiger partial charge in [0.25, 0.3) is 5.91 Å². The van der Waals surface area contributed by atoms with Crippen LogP contribution in [0.25, 0.3) is 5.69 Å². The van der Waals surface area contributed by atoms with Crippen LogP contribution in [0.3, 0.4) is 0 Å². The fourth-order valence-electron chi connectivity index (χ4n) is 3.39. The topological polar surface area (TPSA) is 81.1 Å². The molecule has 1 aliphatic rings. The molecule has 2 heterocycles. The molecule has 0 spiro atoms. The number of methoxy groups -OCH3 is 1. The zero-order valence-electron chi connectivity index (χ0n) is 15.4. The van der Waals surface area contributed by atoms with E-state index in [2.05, 4.69) is 20.9 Å². The van der Waals surface area contributed by atoms with Gasteiger partial charge in [0.15, 0.2) is 5.69 Å². The van der Waals surface area contributed by atoms with E-state index in [1.165, 1.54) is 22.9 Å². The maximum atomic E-state index is 13.4. The van der Waals surface area contributed by atoms with Gasteiger partial charge in [-0.15, -0.1) is 5.10 Å². The summed E-state index contributed by atoms with van der Waals surface area (Å²) in [5.41, 5.74) is 1.25. The van der Waals surface area contributed by atoms with Crippen molar-refractivity contribution in [1.29, 1.82) is 0 Å². The van der Waals surface area contributed by atoms with E-state index in [-0.39, 0.29) is 22.0 Å². The summed E-state index contributed by atoms with van der Waals surface area (Å²) in [7, 11) is 1.68. The molecule has 1 aromatic heterocycles. The Labute approximate surface area is 162 Å². The summed E-state index contributed by atoms with van der Waals surface area (Å²) in [4.78, 5) is 12.7. The van der Waals surface area contributed by atoms with E-state index >= 15 is 0 Å². The number of nitrogens with one attached hydrogen (secondary N) is 2. The number of hydrogen-bond donors (Lipinski definition) is 2. The van der Waals surface area contributed by atoms with Crippen molar-refractivity contribution in [3.8, 4) is 5.69 Å². The molecular formula is C18H23ClFN5O2. The second-order valence-corrected chi connectivity index (χ2v) is 7.31. The summed E-state index contributed by atoms with van der Waals surface area (Å²) in [6.45, 7) is 4.64. The molecule has 9 heteroatoms. The molecule has 0 radical (unpaired) electrons. The van der Waals surface area contributed by atoms with Crippen molar-refractivity contribution < 1.29 is 13.9 Å².